The zero-order chi connectivity index (χ0) is 17.4. The Morgan fingerprint density at radius 3 is 2.54 bits per heavy atom. The van der Waals surface area contributed by atoms with Crippen molar-refractivity contribution in [1.29, 1.82) is 0 Å². The SMILES string of the molecule is Cc1ccc(C(N)=O)c(OCC(=O)NCCOc2ccccc2)c1. The molecule has 0 aliphatic heterocycles. The first-order chi connectivity index (χ1) is 11.6. The van der Waals surface area contributed by atoms with E-state index in [2.05, 4.69) is 5.32 Å². The Morgan fingerprint density at radius 2 is 1.83 bits per heavy atom. The molecule has 0 aromatic heterocycles. The molecular weight excluding hydrogens is 308 g/mol. The predicted molar refractivity (Wildman–Crippen MR) is 90.1 cm³/mol. The van der Waals surface area contributed by atoms with Gasteiger partial charge in [0.2, 0.25) is 0 Å². The Hall–Kier alpha value is -3.02. The summed E-state index contributed by atoms with van der Waals surface area (Å²) in [5, 5.41) is 2.68. The number of hydrogen-bond donors (Lipinski definition) is 2. The van der Waals surface area contributed by atoms with E-state index in [9.17, 15) is 9.59 Å². The normalized spacial score (nSPS) is 10.0. The molecule has 0 atom stereocenters. The topological polar surface area (TPSA) is 90.7 Å². The van der Waals surface area contributed by atoms with Crippen molar-refractivity contribution in [2.24, 2.45) is 5.73 Å². The highest BCUT2D eigenvalue weighted by Crippen LogP contribution is 2.19. The molecule has 2 aromatic carbocycles. The summed E-state index contributed by atoms with van der Waals surface area (Å²) in [4.78, 5) is 23.1. The van der Waals surface area contributed by atoms with E-state index in [-0.39, 0.29) is 18.1 Å². The van der Waals surface area contributed by atoms with Gasteiger partial charge in [-0.05, 0) is 36.8 Å². The monoisotopic (exact) mass is 328 g/mol. The van der Waals surface area contributed by atoms with Crippen LogP contribution in [0.15, 0.2) is 48.5 Å². The number of rotatable bonds is 8. The number of ether oxygens (including phenoxy) is 2. The van der Waals surface area contributed by atoms with E-state index in [1.807, 2.05) is 37.3 Å². The van der Waals surface area contributed by atoms with Crippen molar-refractivity contribution in [2.45, 2.75) is 6.92 Å². The summed E-state index contributed by atoms with van der Waals surface area (Å²) < 4.78 is 10.9. The maximum absolute atomic E-state index is 11.8. The van der Waals surface area contributed by atoms with Gasteiger partial charge in [-0.1, -0.05) is 24.3 Å². The van der Waals surface area contributed by atoms with Crippen molar-refractivity contribution in [2.75, 3.05) is 19.8 Å². The standard InChI is InChI=1S/C18H20N2O4/c1-13-7-8-15(18(19)22)16(11-13)24-12-17(21)20-9-10-23-14-5-3-2-4-6-14/h2-8,11H,9-10,12H2,1H3,(H2,19,22)(H,20,21). The summed E-state index contributed by atoms with van der Waals surface area (Å²) >= 11 is 0. The van der Waals surface area contributed by atoms with Crippen LogP contribution in [0.5, 0.6) is 11.5 Å². The Balaban J connectivity index is 1.75. The molecule has 0 heterocycles. The van der Waals surface area contributed by atoms with Gasteiger partial charge in [0.25, 0.3) is 11.8 Å². The minimum absolute atomic E-state index is 0.199. The molecule has 0 saturated carbocycles. The quantitative estimate of drug-likeness (QED) is 0.721. The van der Waals surface area contributed by atoms with Crippen molar-refractivity contribution >= 4 is 11.8 Å². The minimum Gasteiger partial charge on any atom is -0.492 e. The van der Waals surface area contributed by atoms with Crippen molar-refractivity contribution in [1.82, 2.24) is 5.32 Å². The summed E-state index contributed by atoms with van der Waals surface area (Å²) in [6.07, 6.45) is 0. The van der Waals surface area contributed by atoms with Crippen LogP contribution in [0, 0.1) is 6.92 Å². The summed E-state index contributed by atoms with van der Waals surface area (Å²) in [5.74, 6) is 0.150. The number of para-hydroxylation sites is 1. The molecule has 0 spiro atoms. The average Bonchev–Trinajstić information content (AvgIpc) is 2.57. The lowest BCUT2D eigenvalue weighted by Gasteiger charge is -2.11. The van der Waals surface area contributed by atoms with Gasteiger partial charge in [0, 0.05) is 0 Å². The second-order valence-corrected chi connectivity index (χ2v) is 5.16. The van der Waals surface area contributed by atoms with Gasteiger partial charge in [-0.25, -0.2) is 0 Å². The van der Waals surface area contributed by atoms with Crippen molar-refractivity contribution in [3.05, 3.63) is 59.7 Å². The third-order valence-electron chi connectivity index (χ3n) is 3.20. The van der Waals surface area contributed by atoms with Crippen molar-refractivity contribution in [3.8, 4) is 11.5 Å². The fourth-order valence-corrected chi connectivity index (χ4v) is 2.02. The molecule has 0 aliphatic carbocycles. The number of primary amides is 1. The summed E-state index contributed by atoms with van der Waals surface area (Å²) in [7, 11) is 0. The Kier molecular flexibility index (Phi) is 6.19. The molecule has 0 saturated heterocycles. The molecule has 0 radical (unpaired) electrons. The average molecular weight is 328 g/mol. The fraction of sp³-hybridized carbons (Fsp3) is 0.222. The number of hydrogen-bond acceptors (Lipinski definition) is 4. The summed E-state index contributed by atoms with van der Waals surface area (Å²) in [5.41, 5.74) is 6.45. The number of aryl methyl sites for hydroxylation is 1. The van der Waals surface area contributed by atoms with E-state index in [0.29, 0.717) is 18.9 Å². The molecule has 6 heteroatoms. The number of nitrogens with two attached hydrogens (primary N) is 1. The number of carbonyl (C=O) groups is 2. The minimum atomic E-state index is -0.596. The molecule has 24 heavy (non-hydrogen) atoms. The molecular formula is C18H20N2O4. The van der Waals surface area contributed by atoms with Crippen LogP contribution in [0.4, 0.5) is 0 Å². The van der Waals surface area contributed by atoms with Gasteiger partial charge in [-0.15, -0.1) is 0 Å². The molecule has 2 rings (SSSR count). The smallest absolute Gasteiger partial charge is 0.258 e. The van der Waals surface area contributed by atoms with E-state index in [4.69, 9.17) is 15.2 Å². The van der Waals surface area contributed by atoms with Crippen LogP contribution >= 0.6 is 0 Å². The van der Waals surface area contributed by atoms with Gasteiger partial charge in [-0.2, -0.15) is 0 Å². The molecule has 6 nitrogen and oxygen atoms in total. The van der Waals surface area contributed by atoms with Crippen LogP contribution in [0.2, 0.25) is 0 Å². The molecule has 0 bridgehead atoms. The summed E-state index contributed by atoms with van der Waals surface area (Å²) in [6.45, 7) is 2.37. The largest absolute Gasteiger partial charge is 0.492 e. The van der Waals surface area contributed by atoms with E-state index >= 15 is 0 Å². The molecule has 0 aliphatic rings. The fourth-order valence-electron chi connectivity index (χ4n) is 2.02. The van der Waals surface area contributed by atoms with Crippen LogP contribution in [0.1, 0.15) is 15.9 Å². The zero-order valence-electron chi connectivity index (χ0n) is 13.5. The molecule has 126 valence electrons. The zero-order valence-corrected chi connectivity index (χ0v) is 13.5. The molecule has 2 amide bonds. The Labute approximate surface area is 140 Å². The van der Waals surface area contributed by atoms with Gasteiger partial charge in [0.15, 0.2) is 6.61 Å². The second-order valence-electron chi connectivity index (χ2n) is 5.16. The van der Waals surface area contributed by atoms with E-state index in [1.54, 1.807) is 18.2 Å². The van der Waals surface area contributed by atoms with Crippen LogP contribution in [-0.4, -0.2) is 31.6 Å². The van der Waals surface area contributed by atoms with Crippen LogP contribution < -0.4 is 20.5 Å². The lowest BCUT2D eigenvalue weighted by atomic mass is 10.1. The number of benzene rings is 2. The highest BCUT2D eigenvalue weighted by Gasteiger charge is 2.11. The number of nitrogens with one attached hydrogen (secondary N) is 1. The second kappa shape index (κ2) is 8.57. The Bertz CT molecular complexity index is 701. The lowest BCUT2D eigenvalue weighted by Crippen LogP contribution is -2.32. The van der Waals surface area contributed by atoms with Crippen LogP contribution in [0.3, 0.4) is 0 Å². The van der Waals surface area contributed by atoms with Crippen LogP contribution in [-0.2, 0) is 4.79 Å². The van der Waals surface area contributed by atoms with E-state index in [1.165, 1.54) is 0 Å². The molecule has 0 fully saturated rings. The van der Waals surface area contributed by atoms with Gasteiger partial charge in [-0.3, -0.25) is 9.59 Å². The molecule has 3 N–H and O–H groups in total. The number of carbonyl (C=O) groups excluding carboxylic acids is 2. The third kappa shape index (κ3) is 5.31. The molecule has 2 aromatic rings. The first-order valence-electron chi connectivity index (χ1n) is 7.54. The van der Waals surface area contributed by atoms with Crippen molar-refractivity contribution in [3.63, 3.8) is 0 Å². The van der Waals surface area contributed by atoms with Crippen LogP contribution in [0.25, 0.3) is 0 Å². The first-order valence-corrected chi connectivity index (χ1v) is 7.54. The van der Waals surface area contributed by atoms with Crippen molar-refractivity contribution < 1.29 is 19.1 Å². The number of amides is 2. The highest BCUT2D eigenvalue weighted by molar-refractivity contribution is 5.95. The lowest BCUT2D eigenvalue weighted by molar-refractivity contribution is -0.123. The van der Waals surface area contributed by atoms with E-state index in [0.717, 1.165) is 11.3 Å². The maximum atomic E-state index is 11.8. The summed E-state index contributed by atoms with van der Waals surface area (Å²) in [6, 6.07) is 14.3. The molecule has 0 unspecified atom stereocenters. The maximum Gasteiger partial charge on any atom is 0.258 e. The predicted octanol–water partition coefficient (Wildman–Crippen LogP) is 1.67. The highest BCUT2D eigenvalue weighted by atomic mass is 16.5. The first kappa shape index (κ1) is 17.3. The van der Waals surface area contributed by atoms with Gasteiger partial charge in [0.05, 0.1) is 12.1 Å². The van der Waals surface area contributed by atoms with Gasteiger partial charge < -0.3 is 20.5 Å². The third-order valence-corrected chi connectivity index (χ3v) is 3.20. The Morgan fingerprint density at radius 1 is 1.08 bits per heavy atom. The van der Waals surface area contributed by atoms with E-state index < -0.39 is 5.91 Å². The van der Waals surface area contributed by atoms with Gasteiger partial charge in [0.1, 0.15) is 18.1 Å². The van der Waals surface area contributed by atoms with Gasteiger partial charge >= 0.3 is 0 Å².